The monoisotopic (exact) mass is 429 g/mol. The second-order valence-corrected chi connectivity index (χ2v) is 8.04. The molecule has 0 saturated heterocycles. The van der Waals surface area contributed by atoms with Crippen LogP contribution in [0.1, 0.15) is 18.2 Å². The third-order valence-electron chi connectivity index (χ3n) is 4.09. The smallest absolute Gasteiger partial charge is 0.251 e. The van der Waals surface area contributed by atoms with Crippen LogP contribution in [-0.4, -0.2) is 21.1 Å². The molecule has 3 aromatic rings. The summed E-state index contributed by atoms with van der Waals surface area (Å²) in [4.78, 5) is 31.6. The van der Waals surface area contributed by atoms with E-state index < -0.39 is 5.25 Å². The van der Waals surface area contributed by atoms with Gasteiger partial charge in [-0.15, -0.1) is 0 Å². The van der Waals surface area contributed by atoms with Gasteiger partial charge in [0.25, 0.3) is 5.56 Å². The molecule has 1 aromatic heterocycles. The maximum absolute atomic E-state index is 12.5. The standard InChI is InChI=1S/C21H20ClN3O3S/c1-13-17(22)9-6-10-18(13)24-20(27)14(2)29-21-23-15(11-19(26)25-21)12-28-16-7-4-3-5-8-16/h3-11,14H,12H2,1-2H3,(H,24,27)(H,23,25,26). The van der Waals surface area contributed by atoms with Gasteiger partial charge in [0.1, 0.15) is 12.4 Å². The summed E-state index contributed by atoms with van der Waals surface area (Å²) < 4.78 is 5.64. The molecule has 0 radical (unpaired) electrons. The zero-order valence-electron chi connectivity index (χ0n) is 15.9. The number of H-pyrrole nitrogens is 1. The Morgan fingerprint density at radius 3 is 2.76 bits per heavy atom. The van der Waals surface area contributed by atoms with E-state index in [0.717, 1.165) is 17.3 Å². The van der Waals surface area contributed by atoms with Crippen molar-refractivity contribution in [2.45, 2.75) is 30.9 Å². The third kappa shape index (κ3) is 5.85. The molecule has 0 bridgehead atoms. The third-order valence-corrected chi connectivity index (χ3v) is 5.48. The van der Waals surface area contributed by atoms with Crippen molar-refractivity contribution in [1.82, 2.24) is 9.97 Å². The van der Waals surface area contributed by atoms with Gasteiger partial charge in [0.05, 0.1) is 10.9 Å². The van der Waals surface area contributed by atoms with E-state index >= 15 is 0 Å². The Morgan fingerprint density at radius 1 is 1.24 bits per heavy atom. The van der Waals surface area contributed by atoms with Gasteiger partial charge in [0.15, 0.2) is 5.16 Å². The summed E-state index contributed by atoms with van der Waals surface area (Å²) in [5.41, 5.74) is 1.64. The van der Waals surface area contributed by atoms with Crippen molar-refractivity contribution in [2.24, 2.45) is 0 Å². The second kappa shape index (κ2) is 9.62. The average Bonchev–Trinajstić information content (AvgIpc) is 2.70. The quantitative estimate of drug-likeness (QED) is 0.428. The molecule has 2 aromatic carbocycles. The molecule has 1 atom stereocenters. The molecule has 2 N–H and O–H groups in total. The summed E-state index contributed by atoms with van der Waals surface area (Å²) in [5.74, 6) is 0.474. The molecule has 8 heteroatoms. The van der Waals surface area contributed by atoms with Crippen LogP contribution in [0.25, 0.3) is 0 Å². The first-order chi connectivity index (χ1) is 13.9. The normalized spacial score (nSPS) is 11.7. The number of hydrogen-bond acceptors (Lipinski definition) is 5. The lowest BCUT2D eigenvalue weighted by molar-refractivity contribution is -0.115. The number of para-hydroxylation sites is 1. The van der Waals surface area contributed by atoms with Gasteiger partial charge in [-0.3, -0.25) is 9.59 Å². The number of aromatic nitrogens is 2. The Labute approximate surface area is 177 Å². The van der Waals surface area contributed by atoms with Crippen LogP contribution in [0.15, 0.2) is 64.5 Å². The van der Waals surface area contributed by atoms with Gasteiger partial charge in [-0.25, -0.2) is 4.98 Å². The topological polar surface area (TPSA) is 84.1 Å². The molecule has 0 aliphatic heterocycles. The minimum Gasteiger partial charge on any atom is -0.487 e. The Hall–Kier alpha value is -2.77. The van der Waals surface area contributed by atoms with Gasteiger partial charge in [-0.1, -0.05) is 47.6 Å². The molecule has 0 aliphatic rings. The zero-order valence-corrected chi connectivity index (χ0v) is 17.5. The summed E-state index contributed by atoms with van der Waals surface area (Å²) in [6.07, 6.45) is 0. The van der Waals surface area contributed by atoms with Crippen LogP contribution >= 0.6 is 23.4 Å². The summed E-state index contributed by atoms with van der Waals surface area (Å²) in [6, 6.07) is 16.0. The maximum Gasteiger partial charge on any atom is 0.251 e. The minimum absolute atomic E-state index is 0.157. The van der Waals surface area contributed by atoms with Crippen molar-refractivity contribution in [3.8, 4) is 5.75 Å². The van der Waals surface area contributed by atoms with Crippen LogP contribution in [0.3, 0.4) is 0 Å². The molecular weight excluding hydrogens is 410 g/mol. The molecule has 0 spiro atoms. The van der Waals surface area contributed by atoms with E-state index in [0.29, 0.717) is 27.3 Å². The first-order valence-corrected chi connectivity index (χ1v) is 10.2. The van der Waals surface area contributed by atoms with Crippen molar-refractivity contribution < 1.29 is 9.53 Å². The van der Waals surface area contributed by atoms with E-state index in [1.165, 1.54) is 6.07 Å². The maximum atomic E-state index is 12.5. The van der Waals surface area contributed by atoms with Crippen molar-refractivity contribution in [3.63, 3.8) is 0 Å². The van der Waals surface area contributed by atoms with Crippen LogP contribution in [0.5, 0.6) is 5.75 Å². The fourth-order valence-corrected chi connectivity index (χ4v) is 3.49. The molecule has 3 rings (SSSR count). The number of halogens is 1. The van der Waals surface area contributed by atoms with Crippen molar-refractivity contribution in [2.75, 3.05) is 5.32 Å². The molecule has 1 unspecified atom stereocenters. The molecule has 0 aliphatic carbocycles. The number of hydrogen-bond donors (Lipinski definition) is 2. The molecule has 0 fully saturated rings. The number of anilines is 1. The van der Waals surface area contributed by atoms with Gasteiger partial charge in [0, 0.05) is 16.8 Å². The number of rotatable bonds is 7. The number of thioether (sulfide) groups is 1. The van der Waals surface area contributed by atoms with Crippen LogP contribution in [0.2, 0.25) is 5.02 Å². The number of aromatic amines is 1. The molecular formula is C21H20ClN3O3S. The van der Waals surface area contributed by atoms with Crippen molar-refractivity contribution >= 4 is 35.0 Å². The SMILES string of the molecule is Cc1c(Cl)cccc1NC(=O)C(C)Sc1nc(COc2ccccc2)cc(=O)[nH]1. The Kier molecular flexibility index (Phi) is 6.95. The fourth-order valence-electron chi connectivity index (χ4n) is 2.49. The van der Waals surface area contributed by atoms with Crippen molar-refractivity contribution in [3.05, 3.63) is 81.2 Å². The van der Waals surface area contributed by atoms with Crippen LogP contribution in [0, 0.1) is 6.92 Å². The number of nitrogens with zero attached hydrogens (tertiary/aromatic N) is 1. The van der Waals surface area contributed by atoms with Crippen molar-refractivity contribution in [1.29, 1.82) is 0 Å². The summed E-state index contributed by atoms with van der Waals surface area (Å²) in [7, 11) is 0. The highest BCUT2D eigenvalue weighted by atomic mass is 35.5. The molecule has 1 heterocycles. The number of benzene rings is 2. The lowest BCUT2D eigenvalue weighted by Crippen LogP contribution is -2.24. The van der Waals surface area contributed by atoms with E-state index in [1.807, 2.05) is 37.3 Å². The predicted molar refractivity (Wildman–Crippen MR) is 116 cm³/mol. The lowest BCUT2D eigenvalue weighted by atomic mass is 10.2. The van der Waals surface area contributed by atoms with Gasteiger partial charge in [-0.2, -0.15) is 0 Å². The Bertz CT molecular complexity index is 1060. The highest BCUT2D eigenvalue weighted by Crippen LogP contribution is 2.25. The number of amides is 1. The predicted octanol–water partition coefficient (Wildman–Crippen LogP) is 4.43. The first-order valence-electron chi connectivity index (χ1n) is 8.93. The number of carbonyl (C=O) groups is 1. The summed E-state index contributed by atoms with van der Waals surface area (Å²) in [6.45, 7) is 3.74. The first kappa shape index (κ1) is 21.0. The van der Waals surface area contributed by atoms with Gasteiger partial charge >= 0.3 is 0 Å². The van der Waals surface area contributed by atoms with E-state index in [2.05, 4.69) is 15.3 Å². The van der Waals surface area contributed by atoms with Gasteiger partial charge < -0.3 is 15.0 Å². The zero-order chi connectivity index (χ0) is 20.8. The number of carbonyl (C=O) groups excluding carboxylic acids is 1. The van der Waals surface area contributed by atoms with E-state index in [4.69, 9.17) is 16.3 Å². The highest BCUT2D eigenvalue weighted by molar-refractivity contribution is 8.00. The molecule has 6 nitrogen and oxygen atoms in total. The Balaban J connectivity index is 1.65. The van der Waals surface area contributed by atoms with E-state index in [9.17, 15) is 9.59 Å². The van der Waals surface area contributed by atoms with Crippen LogP contribution in [-0.2, 0) is 11.4 Å². The second-order valence-electron chi connectivity index (χ2n) is 6.31. The van der Waals surface area contributed by atoms with E-state index in [1.54, 1.807) is 25.1 Å². The molecule has 29 heavy (non-hydrogen) atoms. The van der Waals surface area contributed by atoms with Gasteiger partial charge in [0.2, 0.25) is 5.91 Å². The molecule has 150 valence electrons. The fraction of sp³-hybridized carbons (Fsp3) is 0.190. The highest BCUT2D eigenvalue weighted by Gasteiger charge is 2.17. The summed E-state index contributed by atoms with van der Waals surface area (Å²) >= 11 is 7.26. The average molecular weight is 430 g/mol. The lowest BCUT2D eigenvalue weighted by Gasteiger charge is -2.14. The van der Waals surface area contributed by atoms with Crippen LogP contribution in [0.4, 0.5) is 5.69 Å². The minimum atomic E-state index is -0.484. The number of nitrogens with one attached hydrogen (secondary N) is 2. The van der Waals surface area contributed by atoms with E-state index in [-0.39, 0.29) is 18.1 Å². The van der Waals surface area contributed by atoms with Gasteiger partial charge in [-0.05, 0) is 43.7 Å². The largest absolute Gasteiger partial charge is 0.487 e. The summed E-state index contributed by atoms with van der Waals surface area (Å²) in [5, 5.41) is 3.31. The Morgan fingerprint density at radius 2 is 2.00 bits per heavy atom. The van der Waals surface area contributed by atoms with Crippen LogP contribution < -0.4 is 15.6 Å². The molecule has 1 amide bonds. The molecule has 0 saturated carbocycles. The number of ether oxygens (including phenoxy) is 1.